The fourth-order valence-electron chi connectivity index (χ4n) is 2.18. The zero-order valence-electron chi connectivity index (χ0n) is 9.33. The molecule has 2 unspecified atom stereocenters. The highest BCUT2D eigenvalue weighted by Crippen LogP contribution is 2.24. The molecule has 2 aliphatic rings. The van der Waals surface area contributed by atoms with Gasteiger partial charge in [0, 0.05) is 42.7 Å². The van der Waals surface area contributed by atoms with E-state index in [1.165, 1.54) is 39.0 Å². The summed E-state index contributed by atoms with van der Waals surface area (Å²) in [5, 5.41) is 5.22. The fourth-order valence-corrected chi connectivity index (χ4v) is 3.57. The lowest BCUT2D eigenvalue weighted by Crippen LogP contribution is -2.43. The molecule has 0 radical (unpaired) electrons. The molecule has 0 spiro atoms. The number of nitrogens with one attached hydrogen (secondary N) is 1. The van der Waals surface area contributed by atoms with Crippen LogP contribution in [0.25, 0.3) is 0 Å². The number of rotatable bonds is 4. The average Bonchev–Trinajstić information content (AvgIpc) is 2.86. The molecular formula is C11H22N2S. The third-order valence-electron chi connectivity index (χ3n) is 2.93. The predicted molar refractivity (Wildman–Crippen MR) is 64.0 cm³/mol. The highest BCUT2D eigenvalue weighted by molar-refractivity contribution is 8.00. The summed E-state index contributed by atoms with van der Waals surface area (Å²) in [4.78, 5) is 2.61. The standard InChI is InChI=1S/C11H22N2S/c1-9-7-13(8-10(2)14-9)6-5-12-11-3-4-11/h9-12H,3-8H2,1-2H3. The molecule has 0 amide bonds. The minimum absolute atomic E-state index is 0.819. The first kappa shape index (κ1) is 10.8. The Labute approximate surface area is 91.8 Å². The highest BCUT2D eigenvalue weighted by atomic mass is 32.2. The number of hydrogen-bond donors (Lipinski definition) is 1. The normalized spacial score (nSPS) is 34.7. The predicted octanol–water partition coefficient (Wildman–Crippen LogP) is 1.56. The molecule has 1 saturated carbocycles. The Morgan fingerprint density at radius 2 is 1.86 bits per heavy atom. The van der Waals surface area contributed by atoms with Gasteiger partial charge in [-0.1, -0.05) is 13.8 Å². The van der Waals surface area contributed by atoms with Crippen molar-refractivity contribution in [3.05, 3.63) is 0 Å². The maximum Gasteiger partial charge on any atom is 0.0149 e. The van der Waals surface area contributed by atoms with Crippen LogP contribution >= 0.6 is 11.8 Å². The van der Waals surface area contributed by atoms with Gasteiger partial charge in [-0.05, 0) is 12.8 Å². The van der Waals surface area contributed by atoms with E-state index >= 15 is 0 Å². The number of hydrogen-bond acceptors (Lipinski definition) is 3. The second kappa shape index (κ2) is 4.86. The second-order valence-corrected chi connectivity index (χ2v) is 6.63. The van der Waals surface area contributed by atoms with Gasteiger partial charge in [0.15, 0.2) is 0 Å². The molecule has 1 heterocycles. The van der Waals surface area contributed by atoms with Crippen LogP contribution in [0.3, 0.4) is 0 Å². The molecule has 0 aromatic heterocycles. The molecular weight excluding hydrogens is 192 g/mol. The van der Waals surface area contributed by atoms with Gasteiger partial charge in [0.1, 0.15) is 0 Å². The smallest absolute Gasteiger partial charge is 0.0149 e. The van der Waals surface area contributed by atoms with Crippen molar-refractivity contribution in [2.75, 3.05) is 26.2 Å². The summed E-state index contributed by atoms with van der Waals surface area (Å²) in [7, 11) is 0. The average molecular weight is 214 g/mol. The Morgan fingerprint density at radius 1 is 1.21 bits per heavy atom. The molecule has 2 nitrogen and oxygen atoms in total. The van der Waals surface area contributed by atoms with E-state index < -0.39 is 0 Å². The van der Waals surface area contributed by atoms with Gasteiger partial charge in [-0.25, -0.2) is 0 Å². The summed E-state index contributed by atoms with van der Waals surface area (Å²) in [6.07, 6.45) is 2.81. The summed E-state index contributed by atoms with van der Waals surface area (Å²) in [5.74, 6) is 0. The van der Waals surface area contributed by atoms with Crippen molar-refractivity contribution in [1.29, 1.82) is 0 Å². The minimum Gasteiger partial charge on any atom is -0.313 e. The van der Waals surface area contributed by atoms with E-state index in [0.717, 1.165) is 16.5 Å². The van der Waals surface area contributed by atoms with Crippen LogP contribution < -0.4 is 5.32 Å². The molecule has 1 N–H and O–H groups in total. The van der Waals surface area contributed by atoms with Crippen LogP contribution in [0, 0.1) is 0 Å². The Balaban J connectivity index is 1.62. The Morgan fingerprint density at radius 3 is 2.43 bits per heavy atom. The van der Waals surface area contributed by atoms with Crippen LogP contribution in [0.15, 0.2) is 0 Å². The van der Waals surface area contributed by atoms with Gasteiger partial charge < -0.3 is 5.32 Å². The van der Waals surface area contributed by atoms with Crippen LogP contribution in [0.4, 0.5) is 0 Å². The lowest BCUT2D eigenvalue weighted by Gasteiger charge is -2.34. The lowest BCUT2D eigenvalue weighted by atomic mass is 10.3. The van der Waals surface area contributed by atoms with Gasteiger partial charge in [-0.15, -0.1) is 0 Å². The quantitative estimate of drug-likeness (QED) is 0.764. The van der Waals surface area contributed by atoms with E-state index in [1.54, 1.807) is 0 Å². The van der Waals surface area contributed by atoms with Gasteiger partial charge in [0.25, 0.3) is 0 Å². The molecule has 0 bridgehead atoms. The van der Waals surface area contributed by atoms with Crippen LogP contribution in [-0.2, 0) is 0 Å². The Hall–Kier alpha value is 0.270. The van der Waals surface area contributed by atoms with E-state index in [0.29, 0.717) is 0 Å². The first-order valence-electron chi connectivity index (χ1n) is 5.85. The van der Waals surface area contributed by atoms with Crippen molar-refractivity contribution in [1.82, 2.24) is 10.2 Å². The fraction of sp³-hybridized carbons (Fsp3) is 1.00. The van der Waals surface area contributed by atoms with Crippen molar-refractivity contribution in [3.8, 4) is 0 Å². The summed E-state index contributed by atoms with van der Waals surface area (Å²) in [6.45, 7) is 9.69. The maximum atomic E-state index is 3.59. The van der Waals surface area contributed by atoms with E-state index in [2.05, 4.69) is 35.8 Å². The van der Waals surface area contributed by atoms with Gasteiger partial charge in [0.2, 0.25) is 0 Å². The summed E-state index contributed by atoms with van der Waals surface area (Å²) in [6, 6.07) is 0.865. The molecule has 3 heteroatoms. The molecule has 1 aliphatic carbocycles. The first-order chi connectivity index (χ1) is 6.74. The maximum absolute atomic E-state index is 3.59. The van der Waals surface area contributed by atoms with Gasteiger partial charge >= 0.3 is 0 Å². The SMILES string of the molecule is CC1CN(CCNC2CC2)CC(C)S1. The van der Waals surface area contributed by atoms with E-state index in [1.807, 2.05) is 0 Å². The van der Waals surface area contributed by atoms with Crippen LogP contribution in [0.5, 0.6) is 0 Å². The van der Waals surface area contributed by atoms with Crippen molar-refractivity contribution in [3.63, 3.8) is 0 Å². The molecule has 0 aromatic carbocycles. The molecule has 2 atom stereocenters. The minimum atomic E-state index is 0.819. The summed E-state index contributed by atoms with van der Waals surface area (Å²) in [5.41, 5.74) is 0. The van der Waals surface area contributed by atoms with E-state index in [-0.39, 0.29) is 0 Å². The first-order valence-corrected chi connectivity index (χ1v) is 6.79. The highest BCUT2D eigenvalue weighted by Gasteiger charge is 2.23. The molecule has 1 aliphatic heterocycles. The van der Waals surface area contributed by atoms with Crippen molar-refractivity contribution in [2.24, 2.45) is 0 Å². The van der Waals surface area contributed by atoms with Gasteiger partial charge in [-0.3, -0.25) is 4.90 Å². The molecule has 0 aromatic rings. The van der Waals surface area contributed by atoms with Gasteiger partial charge in [-0.2, -0.15) is 11.8 Å². The zero-order chi connectivity index (χ0) is 9.97. The lowest BCUT2D eigenvalue weighted by molar-refractivity contribution is 0.270. The molecule has 14 heavy (non-hydrogen) atoms. The van der Waals surface area contributed by atoms with Crippen LogP contribution in [-0.4, -0.2) is 47.6 Å². The van der Waals surface area contributed by atoms with Crippen molar-refractivity contribution >= 4 is 11.8 Å². The monoisotopic (exact) mass is 214 g/mol. The summed E-state index contributed by atoms with van der Waals surface area (Å²) < 4.78 is 0. The summed E-state index contributed by atoms with van der Waals surface area (Å²) >= 11 is 2.13. The number of thioether (sulfide) groups is 1. The van der Waals surface area contributed by atoms with Crippen LogP contribution in [0.1, 0.15) is 26.7 Å². The third kappa shape index (κ3) is 3.44. The molecule has 1 saturated heterocycles. The van der Waals surface area contributed by atoms with E-state index in [4.69, 9.17) is 0 Å². The Bertz CT molecular complexity index is 172. The van der Waals surface area contributed by atoms with E-state index in [9.17, 15) is 0 Å². The van der Waals surface area contributed by atoms with Crippen molar-refractivity contribution < 1.29 is 0 Å². The third-order valence-corrected chi connectivity index (χ3v) is 4.16. The topological polar surface area (TPSA) is 15.3 Å². The molecule has 2 fully saturated rings. The van der Waals surface area contributed by atoms with Crippen LogP contribution in [0.2, 0.25) is 0 Å². The Kier molecular flexibility index (Phi) is 3.74. The number of nitrogens with zero attached hydrogens (tertiary/aromatic N) is 1. The van der Waals surface area contributed by atoms with Crippen molar-refractivity contribution in [2.45, 2.75) is 43.2 Å². The molecule has 2 rings (SSSR count). The van der Waals surface area contributed by atoms with Gasteiger partial charge in [0.05, 0.1) is 0 Å². The second-order valence-electron chi connectivity index (χ2n) is 4.75. The zero-order valence-corrected chi connectivity index (χ0v) is 10.1. The molecule has 82 valence electrons. The largest absolute Gasteiger partial charge is 0.313 e.